The van der Waals surface area contributed by atoms with Gasteiger partial charge in [0.1, 0.15) is 5.82 Å². The van der Waals surface area contributed by atoms with Crippen LogP contribution in [0.3, 0.4) is 0 Å². The molecule has 6 heteroatoms. The van der Waals surface area contributed by atoms with Crippen LogP contribution in [0.15, 0.2) is 18.2 Å². The Balaban J connectivity index is 1.87. The van der Waals surface area contributed by atoms with E-state index in [1.165, 1.54) is 0 Å². The second-order valence-electron chi connectivity index (χ2n) is 5.78. The Morgan fingerprint density at radius 1 is 1.43 bits per heavy atom. The number of nitrogens with zero attached hydrogens (tertiary/aromatic N) is 2. The highest BCUT2D eigenvalue weighted by Crippen LogP contribution is 2.19. The lowest BCUT2D eigenvalue weighted by molar-refractivity contribution is -0.134. The molecule has 0 radical (unpaired) electrons. The van der Waals surface area contributed by atoms with Crippen molar-refractivity contribution in [2.75, 3.05) is 29.9 Å². The third-order valence-electron chi connectivity index (χ3n) is 3.95. The standard InChI is InChI=1S/C17H25N3O2S/c1-3-23-11-9-16(21)20-10-5-7-14(12-20)17(22)19-15-8-4-6-13(2)18-15/h4,6,8,14H,3,5,7,9-12H2,1-2H3,(H,18,19,22). The summed E-state index contributed by atoms with van der Waals surface area (Å²) < 4.78 is 0. The summed E-state index contributed by atoms with van der Waals surface area (Å²) in [6.45, 7) is 5.27. The zero-order valence-electron chi connectivity index (χ0n) is 13.9. The number of piperidine rings is 1. The Bertz CT molecular complexity index is 550. The smallest absolute Gasteiger partial charge is 0.230 e. The second-order valence-corrected chi connectivity index (χ2v) is 7.17. The van der Waals surface area contributed by atoms with Crippen molar-refractivity contribution in [3.05, 3.63) is 23.9 Å². The zero-order valence-corrected chi connectivity index (χ0v) is 14.7. The molecule has 2 rings (SSSR count). The predicted molar refractivity (Wildman–Crippen MR) is 94.5 cm³/mol. The molecule has 0 bridgehead atoms. The Hall–Kier alpha value is -1.56. The second kappa shape index (κ2) is 8.91. The van der Waals surface area contributed by atoms with Crippen LogP contribution in [0.5, 0.6) is 0 Å². The number of nitrogens with one attached hydrogen (secondary N) is 1. The fraction of sp³-hybridized carbons (Fsp3) is 0.588. The lowest BCUT2D eigenvalue weighted by Crippen LogP contribution is -2.44. The molecule has 1 fully saturated rings. The molecule has 1 aromatic rings. The van der Waals surface area contributed by atoms with E-state index in [2.05, 4.69) is 17.2 Å². The normalized spacial score (nSPS) is 17.8. The zero-order chi connectivity index (χ0) is 16.7. The fourth-order valence-corrected chi connectivity index (χ4v) is 3.33. The highest BCUT2D eigenvalue weighted by Gasteiger charge is 2.28. The topological polar surface area (TPSA) is 62.3 Å². The number of aryl methyl sites for hydroxylation is 1. The average Bonchev–Trinajstić information content (AvgIpc) is 2.55. The van der Waals surface area contributed by atoms with E-state index in [0.29, 0.717) is 18.8 Å². The van der Waals surface area contributed by atoms with E-state index in [0.717, 1.165) is 36.6 Å². The van der Waals surface area contributed by atoms with Crippen molar-refractivity contribution in [1.29, 1.82) is 0 Å². The molecule has 1 saturated heterocycles. The predicted octanol–water partition coefficient (Wildman–Crippen LogP) is 2.71. The van der Waals surface area contributed by atoms with E-state index < -0.39 is 0 Å². The van der Waals surface area contributed by atoms with Crippen molar-refractivity contribution in [3.8, 4) is 0 Å². The number of anilines is 1. The van der Waals surface area contributed by atoms with Gasteiger partial charge in [-0.25, -0.2) is 4.98 Å². The first-order valence-electron chi connectivity index (χ1n) is 8.20. The first kappa shape index (κ1) is 17.8. The summed E-state index contributed by atoms with van der Waals surface area (Å²) in [6, 6.07) is 5.56. The van der Waals surface area contributed by atoms with Crippen molar-refractivity contribution in [2.24, 2.45) is 5.92 Å². The number of amides is 2. The summed E-state index contributed by atoms with van der Waals surface area (Å²) in [5.74, 6) is 2.45. The van der Waals surface area contributed by atoms with Crippen LogP contribution >= 0.6 is 11.8 Å². The van der Waals surface area contributed by atoms with Crippen LogP contribution in [-0.2, 0) is 9.59 Å². The molecule has 1 atom stereocenters. The molecule has 5 nitrogen and oxygen atoms in total. The third kappa shape index (κ3) is 5.53. The van der Waals surface area contributed by atoms with Crippen molar-refractivity contribution in [3.63, 3.8) is 0 Å². The van der Waals surface area contributed by atoms with Gasteiger partial charge in [0.25, 0.3) is 0 Å². The lowest BCUT2D eigenvalue weighted by Gasteiger charge is -2.32. The summed E-state index contributed by atoms with van der Waals surface area (Å²) in [5.41, 5.74) is 0.872. The van der Waals surface area contributed by atoms with Crippen molar-refractivity contribution in [1.82, 2.24) is 9.88 Å². The number of rotatable bonds is 6. The summed E-state index contributed by atoms with van der Waals surface area (Å²) >= 11 is 1.78. The van der Waals surface area contributed by atoms with Crippen molar-refractivity contribution < 1.29 is 9.59 Å². The maximum Gasteiger partial charge on any atom is 0.230 e. The quantitative estimate of drug-likeness (QED) is 0.812. The number of hydrogen-bond acceptors (Lipinski definition) is 4. The average molecular weight is 335 g/mol. The Labute approximate surface area is 142 Å². The van der Waals surface area contributed by atoms with Crippen molar-refractivity contribution in [2.45, 2.75) is 33.1 Å². The van der Waals surface area contributed by atoms with Crippen LogP contribution in [0.4, 0.5) is 5.82 Å². The van der Waals surface area contributed by atoms with Gasteiger partial charge >= 0.3 is 0 Å². The van der Waals surface area contributed by atoms with Crippen LogP contribution in [0, 0.1) is 12.8 Å². The molecule has 2 amide bonds. The van der Waals surface area contributed by atoms with Gasteiger partial charge in [-0.1, -0.05) is 13.0 Å². The van der Waals surface area contributed by atoms with Crippen LogP contribution in [0.25, 0.3) is 0 Å². The van der Waals surface area contributed by atoms with Gasteiger partial charge in [-0.15, -0.1) is 0 Å². The minimum atomic E-state index is -0.145. The minimum Gasteiger partial charge on any atom is -0.342 e. The number of pyridine rings is 1. The van der Waals surface area contributed by atoms with E-state index in [1.54, 1.807) is 17.8 Å². The minimum absolute atomic E-state index is 0.0384. The summed E-state index contributed by atoms with van der Waals surface area (Å²) in [6.07, 6.45) is 2.27. The van der Waals surface area contributed by atoms with E-state index >= 15 is 0 Å². The van der Waals surface area contributed by atoms with Gasteiger partial charge in [-0.3, -0.25) is 9.59 Å². The molecule has 2 heterocycles. The number of aromatic nitrogens is 1. The molecule has 1 aliphatic heterocycles. The van der Waals surface area contributed by atoms with E-state index in [-0.39, 0.29) is 17.7 Å². The van der Waals surface area contributed by atoms with Crippen LogP contribution in [0.1, 0.15) is 31.9 Å². The van der Waals surface area contributed by atoms with E-state index in [9.17, 15) is 9.59 Å². The number of hydrogen-bond donors (Lipinski definition) is 1. The molecular formula is C17H25N3O2S. The van der Waals surface area contributed by atoms with Gasteiger partial charge in [0.05, 0.1) is 5.92 Å². The number of carbonyl (C=O) groups is 2. The van der Waals surface area contributed by atoms with Gasteiger partial charge in [-0.05, 0) is 37.7 Å². The molecule has 23 heavy (non-hydrogen) atoms. The molecule has 0 aliphatic carbocycles. The number of thioether (sulfide) groups is 1. The lowest BCUT2D eigenvalue weighted by atomic mass is 9.97. The maximum absolute atomic E-state index is 12.4. The fourth-order valence-electron chi connectivity index (χ4n) is 2.72. The molecule has 1 aliphatic rings. The van der Waals surface area contributed by atoms with Gasteiger partial charge in [0, 0.05) is 31.0 Å². The van der Waals surface area contributed by atoms with E-state index in [1.807, 2.05) is 24.0 Å². The molecule has 0 saturated carbocycles. The SMILES string of the molecule is CCSCCC(=O)N1CCCC(C(=O)Nc2cccc(C)n2)C1. The first-order chi connectivity index (χ1) is 11.1. The molecule has 1 N–H and O–H groups in total. The number of likely N-dealkylation sites (tertiary alicyclic amines) is 1. The Morgan fingerprint density at radius 2 is 2.26 bits per heavy atom. The largest absolute Gasteiger partial charge is 0.342 e. The maximum atomic E-state index is 12.4. The molecule has 0 spiro atoms. The van der Waals surface area contributed by atoms with Crippen molar-refractivity contribution >= 4 is 29.4 Å². The van der Waals surface area contributed by atoms with Crippen LogP contribution < -0.4 is 5.32 Å². The summed E-state index contributed by atoms with van der Waals surface area (Å²) in [5, 5.41) is 2.87. The molecular weight excluding hydrogens is 310 g/mol. The van der Waals surface area contributed by atoms with Crippen LogP contribution in [-0.4, -0.2) is 46.3 Å². The van der Waals surface area contributed by atoms with E-state index in [4.69, 9.17) is 0 Å². The molecule has 0 aromatic carbocycles. The molecule has 1 unspecified atom stereocenters. The molecule has 1 aromatic heterocycles. The summed E-state index contributed by atoms with van der Waals surface area (Å²) in [4.78, 5) is 30.8. The highest BCUT2D eigenvalue weighted by atomic mass is 32.2. The van der Waals surface area contributed by atoms with Gasteiger partial charge in [0.2, 0.25) is 11.8 Å². The van der Waals surface area contributed by atoms with Gasteiger partial charge in [-0.2, -0.15) is 11.8 Å². The van der Waals surface area contributed by atoms with Gasteiger partial charge < -0.3 is 10.2 Å². The Kier molecular flexibility index (Phi) is 6.89. The highest BCUT2D eigenvalue weighted by molar-refractivity contribution is 7.99. The summed E-state index contributed by atoms with van der Waals surface area (Å²) in [7, 11) is 0. The van der Waals surface area contributed by atoms with Crippen LogP contribution in [0.2, 0.25) is 0 Å². The Morgan fingerprint density at radius 3 is 3.00 bits per heavy atom. The first-order valence-corrected chi connectivity index (χ1v) is 9.35. The third-order valence-corrected chi connectivity index (χ3v) is 4.85. The number of carbonyl (C=O) groups excluding carboxylic acids is 2. The van der Waals surface area contributed by atoms with Gasteiger partial charge in [0.15, 0.2) is 0 Å². The monoisotopic (exact) mass is 335 g/mol. The molecule has 126 valence electrons.